The second-order valence-electron chi connectivity index (χ2n) is 8.03. The van der Waals surface area contributed by atoms with Crippen LogP contribution in [0.15, 0.2) is 48.5 Å². The molecular weight excluding hydrogens is 366 g/mol. The van der Waals surface area contributed by atoms with Gasteiger partial charge in [-0.1, -0.05) is 30.3 Å². The molecule has 0 saturated carbocycles. The highest BCUT2D eigenvalue weighted by molar-refractivity contribution is 6.22. The second kappa shape index (κ2) is 7.12. The van der Waals surface area contributed by atoms with Gasteiger partial charge < -0.3 is 10.2 Å². The van der Waals surface area contributed by atoms with Crippen molar-refractivity contribution in [2.24, 2.45) is 0 Å². The fourth-order valence-corrected chi connectivity index (χ4v) is 4.80. The summed E-state index contributed by atoms with van der Waals surface area (Å²) >= 11 is 0. The van der Waals surface area contributed by atoms with Crippen LogP contribution in [0.4, 0.5) is 0 Å². The van der Waals surface area contributed by atoms with Crippen LogP contribution in [0.1, 0.15) is 55.9 Å². The first-order chi connectivity index (χ1) is 14.1. The van der Waals surface area contributed by atoms with Gasteiger partial charge in [0.2, 0.25) is 0 Å². The molecule has 0 radical (unpaired) electrons. The van der Waals surface area contributed by atoms with Gasteiger partial charge in [-0.05, 0) is 49.6 Å². The Kier molecular flexibility index (Phi) is 4.43. The number of benzene rings is 2. The maximum absolute atomic E-state index is 13.3. The van der Waals surface area contributed by atoms with Crippen LogP contribution in [0.2, 0.25) is 0 Å². The van der Waals surface area contributed by atoms with Gasteiger partial charge in [0.1, 0.15) is 0 Å². The molecule has 2 atom stereocenters. The minimum atomic E-state index is -0.330. The summed E-state index contributed by atoms with van der Waals surface area (Å²) in [4.78, 5) is 42.2. The fourth-order valence-electron chi connectivity index (χ4n) is 4.80. The van der Waals surface area contributed by atoms with Crippen LogP contribution >= 0.6 is 0 Å². The van der Waals surface area contributed by atoms with Gasteiger partial charge in [0, 0.05) is 24.2 Å². The van der Waals surface area contributed by atoms with Crippen molar-refractivity contribution in [3.05, 3.63) is 70.8 Å². The number of hydrogen-bond donors (Lipinski definition) is 1. The molecule has 0 spiro atoms. The van der Waals surface area contributed by atoms with E-state index >= 15 is 0 Å². The summed E-state index contributed by atoms with van der Waals surface area (Å²) in [5.74, 6) is -0.665. The zero-order chi connectivity index (χ0) is 20.0. The Labute approximate surface area is 169 Å². The van der Waals surface area contributed by atoms with Crippen LogP contribution in [-0.2, 0) is 6.54 Å². The van der Waals surface area contributed by atoms with Gasteiger partial charge in [-0.15, -0.1) is 0 Å². The molecular formula is C23H23N3O3. The minimum Gasteiger partial charge on any atom is -0.331 e. The largest absolute Gasteiger partial charge is 0.331 e. The van der Waals surface area contributed by atoms with Crippen molar-refractivity contribution >= 4 is 17.7 Å². The summed E-state index contributed by atoms with van der Waals surface area (Å²) < 4.78 is 0. The van der Waals surface area contributed by atoms with Gasteiger partial charge in [0.05, 0.1) is 17.7 Å². The van der Waals surface area contributed by atoms with Crippen molar-refractivity contribution in [2.45, 2.75) is 37.9 Å². The maximum atomic E-state index is 13.3. The van der Waals surface area contributed by atoms with Crippen molar-refractivity contribution in [3.63, 3.8) is 0 Å². The van der Waals surface area contributed by atoms with E-state index in [1.807, 2.05) is 35.2 Å². The Morgan fingerprint density at radius 3 is 2.52 bits per heavy atom. The number of amides is 3. The van der Waals surface area contributed by atoms with Gasteiger partial charge in [-0.2, -0.15) is 0 Å². The number of nitrogens with one attached hydrogen (secondary N) is 1. The first-order valence-electron chi connectivity index (χ1n) is 10.2. The van der Waals surface area contributed by atoms with E-state index in [0.717, 1.165) is 37.9 Å². The number of nitrogens with zero attached hydrogens (tertiary/aromatic N) is 2. The van der Waals surface area contributed by atoms with Gasteiger partial charge >= 0.3 is 0 Å². The molecule has 3 aliphatic heterocycles. The molecule has 3 aliphatic rings. The van der Waals surface area contributed by atoms with E-state index in [9.17, 15) is 14.4 Å². The average molecular weight is 389 g/mol. The van der Waals surface area contributed by atoms with E-state index in [2.05, 4.69) is 5.32 Å². The van der Waals surface area contributed by atoms with Crippen LogP contribution in [0.3, 0.4) is 0 Å². The van der Waals surface area contributed by atoms with Crippen molar-refractivity contribution in [2.75, 3.05) is 13.1 Å². The van der Waals surface area contributed by atoms with Gasteiger partial charge in [0.15, 0.2) is 0 Å². The molecule has 2 aromatic rings. The molecule has 1 N–H and O–H groups in total. The molecule has 2 aromatic carbocycles. The maximum Gasteiger partial charge on any atom is 0.261 e. The number of carbonyl (C=O) groups is 3. The van der Waals surface area contributed by atoms with E-state index in [-0.39, 0.29) is 36.3 Å². The number of rotatable bonds is 3. The molecule has 3 amide bonds. The zero-order valence-electron chi connectivity index (χ0n) is 16.1. The molecule has 2 saturated heterocycles. The minimum absolute atomic E-state index is 0.0363. The third kappa shape index (κ3) is 3.04. The molecule has 0 aromatic heterocycles. The Morgan fingerprint density at radius 2 is 1.69 bits per heavy atom. The number of hydrogen-bond acceptors (Lipinski definition) is 4. The molecule has 5 rings (SSSR count). The molecule has 0 aliphatic carbocycles. The molecule has 3 heterocycles. The summed E-state index contributed by atoms with van der Waals surface area (Å²) in [5.41, 5.74) is 2.09. The second-order valence-corrected chi connectivity index (χ2v) is 8.03. The number of carbonyl (C=O) groups excluding carboxylic acids is 3. The average Bonchev–Trinajstić information content (AvgIpc) is 3.14. The van der Waals surface area contributed by atoms with Crippen LogP contribution in [0, 0.1) is 0 Å². The predicted molar refractivity (Wildman–Crippen MR) is 108 cm³/mol. The third-order valence-corrected chi connectivity index (χ3v) is 6.29. The first-order valence-corrected chi connectivity index (χ1v) is 10.2. The molecule has 2 unspecified atom stereocenters. The van der Waals surface area contributed by atoms with Crippen molar-refractivity contribution < 1.29 is 14.4 Å². The third-order valence-electron chi connectivity index (χ3n) is 6.29. The standard InChI is InChI=1S/C23H23N3O3/c27-21(26-17-7-8-18(26)13-24-11-10-17)16-6-9-19-20(12-16)23(29)25(22(19)28)14-15-4-2-1-3-5-15/h1-6,9,12,17-18,24H,7-8,10-11,13-14H2. The van der Waals surface area contributed by atoms with Crippen molar-refractivity contribution in [1.29, 1.82) is 0 Å². The van der Waals surface area contributed by atoms with Crippen molar-refractivity contribution in [1.82, 2.24) is 15.1 Å². The normalized spacial score (nSPS) is 23.3. The summed E-state index contributed by atoms with van der Waals surface area (Å²) in [7, 11) is 0. The molecule has 2 bridgehead atoms. The first kappa shape index (κ1) is 18.1. The lowest BCUT2D eigenvalue weighted by Gasteiger charge is -2.28. The molecule has 29 heavy (non-hydrogen) atoms. The highest BCUT2D eigenvalue weighted by atomic mass is 16.2. The number of fused-ring (bicyclic) bond motifs is 3. The topological polar surface area (TPSA) is 69.7 Å². The molecule has 6 heteroatoms. The van der Waals surface area contributed by atoms with Crippen molar-refractivity contribution in [3.8, 4) is 0 Å². The molecule has 2 fully saturated rings. The lowest BCUT2D eigenvalue weighted by atomic mass is 10.0. The van der Waals surface area contributed by atoms with E-state index in [1.165, 1.54) is 4.90 Å². The highest BCUT2D eigenvalue weighted by Crippen LogP contribution is 2.31. The summed E-state index contributed by atoms with van der Waals surface area (Å²) in [5, 5.41) is 3.40. The Balaban J connectivity index is 1.42. The molecule has 148 valence electrons. The van der Waals surface area contributed by atoms with Crippen LogP contribution in [0.25, 0.3) is 0 Å². The Hall–Kier alpha value is -2.99. The summed E-state index contributed by atoms with van der Waals surface area (Å²) in [6.45, 7) is 1.98. The summed E-state index contributed by atoms with van der Waals surface area (Å²) in [6, 6.07) is 14.8. The lowest BCUT2D eigenvalue weighted by molar-refractivity contribution is 0.0641. The molecule has 6 nitrogen and oxygen atoms in total. The van der Waals surface area contributed by atoms with Gasteiger partial charge in [-0.25, -0.2) is 0 Å². The Morgan fingerprint density at radius 1 is 0.931 bits per heavy atom. The van der Waals surface area contributed by atoms with Crippen LogP contribution < -0.4 is 5.32 Å². The fraction of sp³-hybridized carbons (Fsp3) is 0.348. The van der Waals surface area contributed by atoms with Gasteiger partial charge in [-0.3, -0.25) is 19.3 Å². The van der Waals surface area contributed by atoms with Crippen LogP contribution in [-0.4, -0.2) is 52.7 Å². The SMILES string of the molecule is O=C1c2ccc(C(=O)N3C4CCNCC3CC4)cc2C(=O)N1Cc1ccccc1. The quantitative estimate of drug-likeness (QED) is 0.819. The predicted octanol–water partition coefficient (Wildman–Crippen LogP) is 2.45. The monoisotopic (exact) mass is 389 g/mol. The Bertz CT molecular complexity index is 974. The lowest BCUT2D eigenvalue weighted by Crippen LogP contribution is -2.42. The highest BCUT2D eigenvalue weighted by Gasteiger charge is 2.40. The van der Waals surface area contributed by atoms with E-state index in [4.69, 9.17) is 0 Å². The van der Waals surface area contributed by atoms with E-state index in [0.29, 0.717) is 16.7 Å². The van der Waals surface area contributed by atoms with Gasteiger partial charge in [0.25, 0.3) is 17.7 Å². The number of imide groups is 1. The van der Waals surface area contributed by atoms with E-state index < -0.39 is 0 Å². The summed E-state index contributed by atoms with van der Waals surface area (Å²) in [6.07, 6.45) is 3.00. The zero-order valence-corrected chi connectivity index (χ0v) is 16.1. The smallest absolute Gasteiger partial charge is 0.261 e. The van der Waals surface area contributed by atoms with E-state index in [1.54, 1.807) is 18.2 Å². The van der Waals surface area contributed by atoms with Crippen LogP contribution in [0.5, 0.6) is 0 Å².